The Morgan fingerprint density at radius 2 is 2.08 bits per heavy atom. The Balaban J connectivity index is 2.11. The number of amides is 1. The normalized spacial score (nSPS) is 10.7. The number of rotatable bonds is 6. The van der Waals surface area contributed by atoms with Gasteiger partial charge in [0.05, 0.1) is 29.1 Å². The van der Waals surface area contributed by atoms with E-state index in [-0.39, 0.29) is 23.6 Å². The lowest BCUT2D eigenvalue weighted by atomic mass is 10.1. The molecule has 0 saturated heterocycles. The molecule has 2 aromatic carbocycles. The maximum Gasteiger partial charge on any atom is 0.273 e. The van der Waals surface area contributed by atoms with Crippen LogP contribution in [0.1, 0.15) is 11.1 Å². The van der Waals surface area contributed by atoms with Crippen molar-refractivity contribution < 1.29 is 19.6 Å². The highest BCUT2D eigenvalue weighted by atomic mass is 79.9. The molecular weight excluding hydrogens is 474 g/mol. The van der Waals surface area contributed by atoms with Crippen molar-refractivity contribution in [3.05, 3.63) is 60.5 Å². The number of nitro benzene ring substituents is 1. The van der Waals surface area contributed by atoms with E-state index in [4.69, 9.17) is 4.74 Å². The van der Waals surface area contributed by atoms with Crippen LogP contribution < -0.4 is 10.2 Å². The van der Waals surface area contributed by atoms with Gasteiger partial charge in [-0.05, 0) is 37.9 Å². The lowest BCUT2D eigenvalue weighted by Crippen LogP contribution is -2.20. The maximum atomic E-state index is 12.0. The highest BCUT2D eigenvalue weighted by molar-refractivity contribution is 9.13. The number of nitrogens with zero attached hydrogens (tertiary/aromatic N) is 2. The Labute approximate surface area is 165 Å². The van der Waals surface area contributed by atoms with Crippen LogP contribution in [0.15, 0.2) is 44.4 Å². The quantitative estimate of drug-likeness (QED) is 0.368. The summed E-state index contributed by atoms with van der Waals surface area (Å²) in [6.45, 7) is 0. The molecule has 0 fully saturated rings. The molecule has 136 valence electrons. The third kappa shape index (κ3) is 4.58. The number of nitrogens with one attached hydrogen (secondary N) is 1. The number of para-hydroxylation sites is 1. The van der Waals surface area contributed by atoms with Gasteiger partial charge >= 0.3 is 0 Å². The van der Waals surface area contributed by atoms with Crippen LogP contribution in [0.5, 0.6) is 11.5 Å². The predicted octanol–water partition coefficient (Wildman–Crippen LogP) is 3.53. The molecule has 0 aromatic heterocycles. The number of hydrazone groups is 1. The molecule has 26 heavy (non-hydrogen) atoms. The molecule has 0 aliphatic heterocycles. The second kappa shape index (κ2) is 8.77. The van der Waals surface area contributed by atoms with Crippen molar-refractivity contribution in [1.82, 2.24) is 5.43 Å². The van der Waals surface area contributed by atoms with Crippen molar-refractivity contribution in [2.75, 3.05) is 7.11 Å². The Hall–Kier alpha value is -2.46. The summed E-state index contributed by atoms with van der Waals surface area (Å²) < 4.78 is 5.95. The number of phenols is 1. The molecule has 0 atom stereocenters. The zero-order chi connectivity index (χ0) is 19.3. The van der Waals surface area contributed by atoms with Crippen molar-refractivity contribution in [1.29, 1.82) is 0 Å². The lowest BCUT2D eigenvalue weighted by molar-refractivity contribution is -0.385. The van der Waals surface area contributed by atoms with Crippen LogP contribution in [0.25, 0.3) is 0 Å². The first-order chi connectivity index (χ1) is 12.3. The van der Waals surface area contributed by atoms with Gasteiger partial charge in [0, 0.05) is 21.7 Å². The van der Waals surface area contributed by atoms with E-state index in [0.717, 1.165) is 0 Å². The van der Waals surface area contributed by atoms with Crippen LogP contribution in [0, 0.1) is 10.1 Å². The number of benzene rings is 2. The summed E-state index contributed by atoms with van der Waals surface area (Å²) >= 11 is 6.52. The molecule has 8 nitrogen and oxygen atoms in total. The first-order valence-electron chi connectivity index (χ1n) is 7.14. The minimum absolute atomic E-state index is 0.0723. The van der Waals surface area contributed by atoms with E-state index in [1.807, 2.05) is 0 Å². The summed E-state index contributed by atoms with van der Waals surface area (Å²) in [5.41, 5.74) is 3.02. The Kier molecular flexibility index (Phi) is 6.70. The number of halogens is 2. The summed E-state index contributed by atoms with van der Waals surface area (Å²) in [6, 6.07) is 7.53. The molecule has 0 saturated carbocycles. The SMILES string of the molecule is COc1cc(/C=N/NC(=O)Cc2ccccc2[N+](=O)[O-])c(Br)c(Br)c1O. The topological polar surface area (TPSA) is 114 Å². The van der Waals surface area contributed by atoms with Crippen LogP contribution in [0.4, 0.5) is 5.69 Å². The van der Waals surface area contributed by atoms with Gasteiger partial charge in [0.25, 0.3) is 5.69 Å². The highest BCUT2D eigenvalue weighted by Crippen LogP contribution is 2.41. The van der Waals surface area contributed by atoms with E-state index in [1.54, 1.807) is 6.07 Å². The molecular formula is C16H13Br2N3O5. The summed E-state index contributed by atoms with van der Waals surface area (Å²) in [7, 11) is 1.41. The van der Waals surface area contributed by atoms with Gasteiger partial charge in [-0.15, -0.1) is 0 Å². The minimum atomic E-state index is -0.538. The fourth-order valence-corrected chi connectivity index (χ4v) is 2.92. The van der Waals surface area contributed by atoms with Gasteiger partial charge in [0.15, 0.2) is 11.5 Å². The predicted molar refractivity (Wildman–Crippen MR) is 103 cm³/mol. The second-order valence-corrected chi connectivity index (χ2v) is 6.59. The lowest BCUT2D eigenvalue weighted by Gasteiger charge is -2.09. The first-order valence-corrected chi connectivity index (χ1v) is 8.73. The van der Waals surface area contributed by atoms with E-state index in [1.165, 1.54) is 37.6 Å². The molecule has 0 unspecified atom stereocenters. The molecule has 1 amide bonds. The van der Waals surface area contributed by atoms with Gasteiger partial charge in [0.2, 0.25) is 5.91 Å². The zero-order valence-corrected chi connectivity index (χ0v) is 16.6. The van der Waals surface area contributed by atoms with Crippen molar-refractivity contribution in [3.63, 3.8) is 0 Å². The third-order valence-corrected chi connectivity index (χ3v) is 5.48. The average molecular weight is 487 g/mol. The standard InChI is InChI=1S/C16H13Br2N3O5/c1-26-12-6-10(14(17)15(18)16(12)23)8-19-20-13(22)7-9-4-2-3-5-11(9)21(24)25/h2-6,8,23H,7H2,1H3,(H,20,22)/b19-8+. The van der Waals surface area contributed by atoms with Crippen molar-refractivity contribution >= 4 is 49.7 Å². The number of ether oxygens (including phenoxy) is 1. The molecule has 2 aromatic rings. The number of carbonyl (C=O) groups is 1. The van der Waals surface area contributed by atoms with Gasteiger partial charge in [-0.3, -0.25) is 14.9 Å². The molecule has 0 bridgehead atoms. The Bertz CT molecular complexity index is 886. The second-order valence-electron chi connectivity index (χ2n) is 5.00. The molecule has 0 radical (unpaired) electrons. The van der Waals surface area contributed by atoms with Crippen molar-refractivity contribution in [2.45, 2.75) is 6.42 Å². The van der Waals surface area contributed by atoms with Crippen LogP contribution in [0.3, 0.4) is 0 Å². The summed E-state index contributed by atoms with van der Waals surface area (Å²) in [5, 5.41) is 24.7. The van der Waals surface area contributed by atoms with Gasteiger partial charge in [-0.25, -0.2) is 5.43 Å². The fraction of sp³-hybridized carbons (Fsp3) is 0.125. The number of methoxy groups -OCH3 is 1. The third-order valence-electron chi connectivity index (χ3n) is 3.33. The van der Waals surface area contributed by atoms with Crippen LogP contribution in [0.2, 0.25) is 0 Å². The van der Waals surface area contributed by atoms with Crippen LogP contribution >= 0.6 is 31.9 Å². The number of nitro groups is 1. The molecule has 0 spiro atoms. The highest BCUT2D eigenvalue weighted by Gasteiger charge is 2.16. The van der Waals surface area contributed by atoms with Crippen molar-refractivity contribution in [2.24, 2.45) is 5.10 Å². The number of aromatic hydroxyl groups is 1. The molecule has 0 aliphatic carbocycles. The van der Waals surface area contributed by atoms with Gasteiger partial charge < -0.3 is 9.84 Å². The fourth-order valence-electron chi connectivity index (χ4n) is 2.09. The van der Waals surface area contributed by atoms with Gasteiger partial charge in [0.1, 0.15) is 0 Å². The molecule has 10 heteroatoms. The molecule has 0 aliphatic rings. The summed E-state index contributed by atoms with van der Waals surface area (Å²) in [5.74, 6) is -0.346. The van der Waals surface area contributed by atoms with E-state index in [2.05, 4.69) is 42.4 Å². The summed E-state index contributed by atoms with van der Waals surface area (Å²) in [6.07, 6.45) is 1.17. The van der Waals surface area contributed by atoms with E-state index >= 15 is 0 Å². The number of phenolic OH excluding ortho intramolecular Hbond substituents is 1. The van der Waals surface area contributed by atoms with E-state index in [0.29, 0.717) is 20.1 Å². The smallest absolute Gasteiger partial charge is 0.273 e. The Morgan fingerprint density at radius 3 is 2.73 bits per heavy atom. The molecule has 2 rings (SSSR count). The molecule has 2 N–H and O–H groups in total. The Morgan fingerprint density at radius 1 is 1.38 bits per heavy atom. The van der Waals surface area contributed by atoms with Gasteiger partial charge in [-0.2, -0.15) is 5.10 Å². The molecule has 0 heterocycles. The first kappa shape index (κ1) is 19.9. The number of carbonyl (C=O) groups excluding carboxylic acids is 1. The average Bonchev–Trinajstić information content (AvgIpc) is 2.62. The number of hydrogen-bond donors (Lipinski definition) is 2. The summed E-state index contributed by atoms with van der Waals surface area (Å²) in [4.78, 5) is 22.4. The largest absolute Gasteiger partial charge is 0.503 e. The monoisotopic (exact) mass is 485 g/mol. The van der Waals surface area contributed by atoms with E-state index in [9.17, 15) is 20.0 Å². The van der Waals surface area contributed by atoms with Crippen LogP contribution in [-0.2, 0) is 11.2 Å². The number of hydrogen-bond acceptors (Lipinski definition) is 6. The van der Waals surface area contributed by atoms with Gasteiger partial charge in [-0.1, -0.05) is 18.2 Å². The minimum Gasteiger partial charge on any atom is -0.503 e. The maximum absolute atomic E-state index is 12.0. The zero-order valence-electron chi connectivity index (χ0n) is 13.4. The van der Waals surface area contributed by atoms with Crippen molar-refractivity contribution in [3.8, 4) is 11.5 Å². The van der Waals surface area contributed by atoms with E-state index < -0.39 is 10.8 Å². The van der Waals surface area contributed by atoms with Crippen LogP contribution in [-0.4, -0.2) is 29.3 Å².